The van der Waals surface area contributed by atoms with Gasteiger partial charge in [0, 0.05) is 4.88 Å². The maximum Gasteiger partial charge on any atom is 0.265 e. The summed E-state index contributed by atoms with van der Waals surface area (Å²) < 4.78 is 16.8. The van der Waals surface area contributed by atoms with Crippen LogP contribution in [0.2, 0.25) is 0 Å². The SMILES string of the molecule is CCOc1ccccc1NC(=O)c1ccc(-c2ccc3c(c2)OCCO3)s1. The Balaban J connectivity index is 1.53. The van der Waals surface area contributed by atoms with Crippen LogP contribution in [0.4, 0.5) is 5.69 Å². The van der Waals surface area contributed by atoms with Crippen LogP contribution in [0, 0.1) is 0 Å². The lowest BCUT2D eigenvalue weighted by atomic mass is 10.1. The third-order valence-electron chi connectivity index (χ3n) is 4.09. The number of benzene rings is 2. The lowest BCUT2D eigenvalue weighted by molar-refractivity contribution is 0.103. The van der Waals surface area contributed by atoms with Gasteiger partial charge >= 0.3 is 0 Å². The fourth-order valence-corrected chi connectivity index (χ4v) is 3.74. The highest BCUT2D eigenvalue weighted by Crippen LogP contribution is 2.37. The predicted octanol–water partition coefficient (Wildman–Crippen LogP) is 4.84. The second kappa shape index (κ2) is 7.72. The van der Waals surface area contributed by atoms with Gasteiger partial charge in [0.15, 0.2) is 11.5 Å². The van der Waals surface area contributed by atoms with E-state index < -0.39 is 0 Å². The quantitative estimate of drug-likeness (QED) is 0.687. The minimum atomic E-state index is -0.157. The number of hydrogen-bond acceptors (Lipinski definition) is 5. The molecule has 138 valence electrons. The van der Waals surface area contributed by atoms with Crippen LogP contribution in [0.3, 0.4) is 0 Å². The van der Waals surface area contributed by atoms with Crippen molar-refractivity contribution >= 4 is 22.9 Å². The summed E-state index contributed by atoms with van der Waals surface area (Å²) in [7, 11) is 0. The molecular weight excluding hydrogens is 362 g/mol. The van der Waals surface area contributed by atoms with E-state index in [0.29, 0.717) is 36.1 Å². The molecule has 0 spiro atoms. The maximum atomic E-state index is 12.6. The highest BCUT2D eigenvalue weighted by atomic mass is 32.1. The van der Waals surface area contributed by atoms with E-state index in [1.807, 2.05) is 61.5 Å². The Morgan fingerprint density at radius 3 is 2.74 bits per heavy atom. The van der Waals surface area contributed by atoms with Crippen molar-refractivity contribution in [2.45, 2.75) is 6.92 Å². The Morgan fingerprint density at radius 2 is 1.89 bits per heavy atom. The highest BCUT2D eigenvalue weighted by molar-refractivity contribution is 7.17. The molecule has 2 heterocycles. The Kier molecular flexibility index (Phi) is 4.98. The van der Waals surface area contributed by atoms with Gasteiger partial charge in [-0.1, -0.05) is 12.1 Å². The van der Waals surface area contributed by atoms with Crippen LogP contribution in [-0.2, 0) is 0 Å². The molecule has 4 rings (SSSR count). The van der Waals surface area contributed by atoms with E-state index in [0.717, 1.165) is 21.9 Å². The molecule has 6 heteroatoms. The minimum Gasteiger partial charge on any atom is -0.492 e. The first-order valence-corrected chi connectivity index (χ1v) is 9.59. The van der Waals surface area contributed by atoms with Gasteiger partial charge in [0.1, 0.15) is 19.0 Å². The number of thiophene rings is 1. The molecule has 1 N–H and O–H groups in total. The minimum absolute atomic E-state index is 0.157. The smallest absolute Gasteiger partial charge is 0.265 e. The van der Waals surface area contributed by atoms with Crippen molar-refractivity contribution in [3.05, 3.63) is 59.5 Å². The molecule has 0 unspecified atom stereocenters. The van der Waals surface area contributed by atoms with Crippen LogP contribution in [0.1, 0.15) is 16.6 Å². The molecule has 1 aliphatic heterocycles. The molecule has 0 saturated heterocycles. The molecule has 1 aromatic heterocycles. The first-order chi connectivity index (χ1) is 13.2. The molecule has 0 saturated carbocycles. The van der Waals surface area contributed by atoms with Crippen LogP contribution < -0.4 is 19.5 Å². The zero-order valence-electron chi connectivity index (χ0n) is 14.9. The maximum absolute atomic E-state index is 12.6. The van der Waals surface area contributed by atoms with Crippen LogP contribution in [0.15, 0.2) is 54.6 Å². The molecule has 0 aliphatic carbocycles. The second-order valence-corrected chi connectivity index (χ2v) is 6.99. The number of fused-ring (bicyclic) bond motifs is 1. The van der Waals surface area contributed by atoms with Crippen LogP contribution in [0.5, 0.6) is 17.2 Å². The summed E-state index contributed by atoms with van der Waals surface area (Å²) in [5, 5.41) is 2.93. The monoisotopic (exact) mass is 381 g/mol. The normalized spacial score (nSPS) is 12.5. The Bertz CT molecular complexity index is 966. The number of ether oxygens (including phenoxy) is 3. The van der Waals surface area contributed by atoms with Gasteiger partial charge in [-0.25, -0.2) is 0 Å². The van der Waals surface area contributed by atoms with Crippen molar-refractivity contribution in [2.24, 2.45) is 0 Å². The zero-order valence-corrected chi connectivity index (χ0v) is 15.7. The van der Waals surface area contributed by atoms with Gasteiger partial charge in [0.25, 0.3) is 5.91 Å². The van der Waals surface area contributed by atoms with Crippen LogP contribution in [0.25, 0.3) is 10.4 Å². The summed E-state index contributed by atoms with van der Waals surface area (Å²) in [6.45, 7) is 3.57. The van der Waals surface area contributed by atoms with Gasteiger partial charge < -0.3 is 19.5 Å². The highest BCUT2D eigenvalue weighted by Gasteiger charge is 2.16. The molecule has 0 bridgehead atoms. The van der Waals surface area contributed by atoms with Crippen molar-refractivity contribution < 1.29 is 19.0 Å². The summed E-state index contributed by atoms with van der Waals surface area (Å²) in [5.74, 6) is 2.00. The fraction of sp³-hybridized carbons (Fsp3) is 0.190. The summed E-state index contributed by atoms with van der Waals surface area (Å²) in [6, 6.07) is 17.0. The summed E-state index contributed by atoms with van der Waals surface area (Å²) >= 11 is 1.43. The van der Waals surface area contributed by atoms with Crippen molar-refractivity contribution in [3.8, 4) is 27.7 Å². The van der Waals surface area contributed by atoms with Crippen molar-refractivity contribution in [2.75, 3.05) is 25.1 Å². The van der Waals surface area contributed by atoms with Crippen LogP contribution in [-0.4, -0.2) is 25.7 Å². The first-order valence-electron chi connectivity index (χ1n) is 8.77. The molecule has 2 aromatic carbocycles. The number of para-hydroxylation sites is 2. The van der Waals surface area contributed by atoms with Gasteiger partial charge in [-0.3, -0.25) is 4.79 Å². The van der Waals surface area contributed by atoms with Crippen LogP contribution >= 0.6 is 11.3 Å². The van der Waals surface area contributed by atoms with E-state index in [4.69, 9.17) is 14.2 Å². The average molecular weight is 381 g/mol. The number of carbonyl (C=O) groups excluding carboxylic acids is 1. The molecule has 1 amide bonds. The van der Waals surface area contributed by atoms with Gasteiger partial charge in [-0.05, 0) is 55.0 Å². The average Bonchev–Trinajstić information content (AvgIpc) is 3.20. The van der Waals surface area contributed by atoms with Crippen molar-refractivity contribution in [1.82, 2.24) is 0 Å². The van der Waals surface area contributed by atoms with E-state index in [1.165, 1.54) is 11.3 Å². The molecule has 0 radical (unpaired) electrons. The van der Waals surface area contributed by atoms with Gasteiger partial charge in [-0.2, -0.15) is 0 Å². The third-order valence-corrected chi connectivity index (χ3v) is 5.22. The largest absolute Gasteiger partial charge is 0.492 e. The Morgan fingerprint density at radius 1 is 1.07 bits per heavy atom. The molecule has 5 nitrogen and oxygen atoms in total. The predicted molar refractivity (Wildman–Crippen MR) is 106 cm³/mol. The van der Waals surface area contributed by atoms with E-state index in [2.05, 4.69) is 5.32 Å². The number of hydrogen-bond donors (Lipinski definition) is 1. The standard InChI is InChI=1S/C21H19NO4S/c1-2-24-16-6-4-3-5-15(16)22-21(23)20-10-9-19(27-20)14-7-8-17-18(13-14)26-12-11-25-17/h3-10,13H,2,11-12H2,1H3,(H,22,23). The number of rotatable bonds is 5. The number of nitrogens with one attached hydrogen (secondary N) is 1. The molecule has 0 atom stereocenters. The van der Waals surface area contributed by atoms with E-state index in [1.54, 1.807) is 0 Å². The zero-order chi connectivity index (χ0) is 18.6. The second-order valence-electron chi connectivity index (χ2n) is 5.91. The molecule has 0 fully saturated rings. The lowest BCUT2D eigenvalue weighted by Gasteiger charge is -2.18. The Labute approximate surface area is 161 Å². The van der Waals surface area contributed by atoms with Gasteiger partial charge in [0.05, 0.1) is 17.2 Å². The summed E-state index contributed by atoms with van der Waals surface area (Å²) in [6.07, 6.45) is 0. The van der Waals surface area contributed by atoms with Crippen molar-refractivity contribution in [1.29, 1.82) is 0 Å². The number of carbonyl (C=O) groups is 1. The number of amides is 1. The summed E-state index contributed by atoms with van der Waals surface area (Å²) in [4.78, 5) is 14.3. The third kappa shape index (κ3) is 3.75. The number of anilines is 1. The van der Waals surface area contributed by atoms with E-state index >= 15 is 0 Å². The Hall–Kier alpha value is -2.99. The molecule has 1 aliphatic rings. The summed E-state index contributed by atoms with van der Waals surface area (Å²) in [5.41, 5.74) is 1.66. The van der Waals surface area contributed by atoms with E-state index in [-0.39, 0.29) is 5.91 Å². The van der Waals surface area contributed by atoms with Gasteiger partial charge in [-0.15, -0.1) is 11.3 Å². The first kappa shape index (κ1) is 17.4. The molecule has 3 aromatic rings. The topological polar surface area (TPSA) is 56.8 Å². The fourth-order valence-electron chi connectivity index (χ4n) is 2.85. The molecular formula is C21H19NO4S. The van der Waals surface area contributed by atoms with E-state index in [9.17, 15) is 4.79 Å². The molecule has 27 heavy (non-hydrogen) atoms. The lowest BCUT2D eigenvalue weighted by Crippen LogP contribution is -2.15. The van der Waals surface area contributed by atoms with Gasteiger partial charge in [0.2, 0.25) is 0 Å². The van der Waals surface area contributed by atoms with Crippen molar-refractivity contribution in [3.63, 3.8) is 0 Å².